The Morgan fingerprint density at radius 2 is 2.00 bits per heavy atom. The number of halogens is 2. The SMILES string of the molecule is Nc1nc2ccc(F)c(F)c2n1CCC(=O)N1CCCC1. The Balaban J connectivity index is 1.84. The van der Waals surface area contributed by atoms with E-state index in [9.17, 15) is 13.6 Å². The number of hydrogen-bond acceptors (Lipinski definition) is 3. The average molecular weight is 294 g/mol. The zero-order chi connectivity index (χ0) is 15.0. The van der Waals surface area contributed by atoms with E-state index in [1.807, 2.05) is 0 Å². The van der Waals surface area contributed by atoms with Gasteiger partial charge in [0.1, 0.15) is 5.52 Å². The molecule has 1 saturated heterocycles. The van der Waals surface area contributed by atoms with Gasteiger partial charge in [0.15, 0.2) is 11.6 Å². The number of nitrogen functional groups attached to an aromatic ring is 1. The van der Waals surface area contributed by atoms with E-state index in [0.717, 1.165) is 32.0 Å². The number of imidazole rings is 1. The third kappa shape index (κ3) is 2.43. The fourth-order valence-corrected chi connectivity index (χ4v) is 2.73. The summed E-state index contributed by atoms with van der Waals surface area (Å²) in [6, 6.07) is 2.40. The number of anilines is 1. The first-order valence-corrected chi connectivity index (χ1v) is 6.95. The lowest BCUT2D eigenvalue weighted by molar-refractivity contribution is -0.130. The largest absolute Gasteiger partial charge is 0.369 e. The summed E-state index contributed by atoms with van der Waals surface area (Å²) in [7, 11) is 0. The molecule has 2 aromatic rings. The third-order valence-corrected chi connectivity index (χ3v) is 3.84. The Morgan fingerprint density at radius 1 is 1.29 bits per heavy atom. The molecule has 0 saturated carbocycles. The second-order valence-corrected chi connectivity index (χ2v) is 5.19. The molecular formula is C14H16F2N4O. The zero-order valence-corrected chi connectivity index (χ0v) is 11.5. The van der Waals surface area contributed by atoms with Crippen LogP contribution in [0.4, 0.5) is 14.7 Å². The normalized spacial score (nSPS) is 15.0. The monoisotopic (exact) mass is 294 g/mol. The van der Waals surface area contributed by atoms with Crippen molar-refractivity contribution in [2.45, 2.75) is 25.8 Å². The topological polar surface area (TPSA) is 64.1 Å². The number of nitrogens with two attached hydrogens (primary N) is 1. The summed E-state index contributed by atoms with van der Waals surface area (Å²) in [5, 5.41) is 0. The predicted molar refractivity (Wildman–Crippen MR) is 74.5 cm³/mol. The van der Waals surface area contributed by atoms with Gasteiger partial charge < -0.3 is 15.2 Å². The summed E-state index contributed by atoms with van der Waals surface area (Å²) < 4.78 is 28.6. The van der Waals surface area contributed by atoms with E-state index in [2.05, 4.69) is 4.98 Å². The molecule has 0 spiro atoms. The fraction of sp³-hybridized carbons (Fsp3) is 0.429. The number of hydrogen-bond donors (Lipinski definition) is 1. The maximum atomic E-state index is 13.9. The molecule has 1 aliphatic rings. The fourth-order valence-electron chi connectivity index (χ4n) is 2.73. The minimum atomic E-state index is -0.981. The highest BCUT2D eigenvalue weighted by atomic mass is 19.2. The molecule has 0 unspecified atom stereocenters. The van der Waals surface area contributed by atoms with Crippen molar-refractivity contribution in [3.63, 3.8) is 0 Å². The number of carbonyl (C=O) groups is 1. The van der Waals surface area contributed by atoms with Crippen molar-refractivity contribution in [2.24, 2.45) is 0 Å². The molecule has 1 aliphatic heterocycles. The number of nitrogens with zero attached hydrogens (tertiary/aromatic N) is 3. The van der Waals surface area contributed by atoms with Gasteiger partial charge in [0.2, 0.25) is 11.9 Å². The van der Waals surface area contributed by atoms with Gasteiger partial charge in [0.25, 0.3) is 0 Å². The average Bonchev–Trinajstić information content (AvgIpc) is 3.08. The molecule has 0 atom stereocenters. The van der Waals surface area contributed by atoms with Crippen LogP contribution in [0.25, 0.3) is 11.0 Å². The summed E-state index contributed by atoms with van der Waals surface area (Å²) >= 11 is 0. The Labute approximate surface area is 120 Å². The van der Waals surface area contributed by atoms with E-state index in [4.69, 9.17) is 5.73 Å². The van der Waals surface area contributed by atoms with Gasteiger partial charge >= 0.3 is 0 Å². The molecule has 2 N–H and O–H groups in total. The zero-order valence-electron chi connectivity index (χ0n) is 11.5. The number of carbonyl (C=O) groups excluding carboxylic acids is 1. The molecule has 0 radical (unpaired) electrons. The van der Waals surface area contributed by atoms with Crippen LogP contribution in [-0.4, -0.2) is 33.4 Å². The lowest BCUT2D eigenvalue weighted by Gasteiger charge is -2.15. The molecule has 112 valence electrons. The van der Waals surface area contributed by atoms with Crippen LogP contribution in [0.5, 0.6) is 0 Å². The van der Waals surface area contributed by atoms with Crippen molar-refractivity contribution in [1.82, 2.24) is 14.5 Å². The van der Waals surface area contributed by atoms with E-state index < -0.39 is 11.6 Å². The van der Waals surface area contributed by atoms with Crippen LogP contribution in [0.1, 0.15) is 19.3 Å². The van der Waals surface area contributed by atoms with E-state index >= 15 is 0 Å². The first-order chi connectivity index (χ1) is 10.1. The Kier molecular flexibility index (Phi) is 3.48. The number of benzene rings is 1. The number of rotatable bonds is 3. The highest BCUT2D eigenvalue weighted by molar-refractivity contribution is 5.80. The van der Waals surface area contributed by atoms with Crippen molar-refractivity contribution in [3.8, 4) is 0 Å². The Bertz CT molecular complexity index is 692. The molecule has 0 bridgehead atoms. The van der Waals surface area contributed by atoms with Crippen LogP contribution in [0.3, 0.4) is 0 Å². The lowest BCUT2D eigenvalue weighted by Crippen LogP contribution is -2.28. The maximum Gasteiger partial charge on any atom is 0.224 e. The van der Waals surface area contributed by atoms with Crippen LogP contribution in [-0.2, 0) is 11.3 Å². The van der Waals surface area contributed by atoms with Crippen LogP contribution in [0.2, 0.25) is 0 Å². The summed E-state index contributed by atoms with van der Waals surface area (Å²) in [5.41, 5.74) is 6.06. The van der Waals surface area contributed by atoms with Crippen LogP contribution < -0.4 is 5.73 Å². The van der Waals surface area contributed by atoms with Crippen molar-refractivity contribution >= 4 is 22.9 Å². The molecule has 0 aliphatic carbocycles. The van der Waals surface area contributed by atoms with Gasteiger partial charge in [-0.15, -0.1) is 0 Å². The Morgan fingerprint density at radius 3 is 2.71 bits per heavy atom. The minimum Gasteiger partial charge on any atom is -0.369 e. The summed E-state index contributed by atoms with van der Waals surface area (Å²) in [4.78, 5) is 17.8. The van der Waals surface area contributed by atoms with E-state index in [0.29, 0.717) is 5.52 Å². The number of amides is 1. The van der Waals surface area contributed by atoms with Crippen LogP contribution in [0.15, 0.2) is 12.1 Å². The smallest absolute Gasteiger partial charge is 0.224 e. The predicted octanol–water partition coefficient (Wildman–Crippen LogP) is 1.91. The van der Waals surface area contributed by atoms with Gasteiger partial charge in [-0.1, -0.05) is 0 Å². The van der Waals surface area contributed by atoms with E-state index in [1.165, 1.54) is 10.6 Å². The molecular weight excluding hydrogens is 278 g/mol. The van der Waals surface area contributed by atoms with Gasteiger partial charge in [0.05, 0.1) is 5.52 Å². The standard InChI is InChI=1S/C14H16F2N4O/c15-9-3-4-10-13(12(9)16)20(14(17)18-10)8-5-11(21)19-6-1-2-7-19/h3-4H,1-2,5-8H2,(H2,17,18). The molecule has 1 aromatic carbocycles. The van der Waals surface area contributed by atoms with Gasteiger partial charge in [0, 0.05) is 26.1 Å². The molecule has 1 amide bonds. The third-order valence-electron chi connectivity index (χ3n) is 3.84. The van der Waals surface area contributed by atoms with Crippen molar-refractivity contribution < 1.29 is 13.6 Å². The quantitative estimate of drug-likeness (QED) is 0.940. The van der Waals surface area contributed by atoms with Gasteiger partial charge in [-0.25, -0.2) is 13.8 Å². The molecule has 1 aromatic heterocycles. The molecule has 2 heterocycles. The highest BCUT2D eigenvalue weighted by Crippen LogP contribution is 2.23. The van der Waals surface area contributed by atoms with Crippen LogP contribution >= 0.6 is 0 Å². The molecule has 5 nitrogen and oxygen atoms in total. The molecule has 21 heavy (non-hydrogen) atoms. The second kappa shape index (κ2) is 5.31. The molecule has 1 fully saturated rings. The number of likely N-dealkylation sites (tertiary alicyclic amines) is 1. The lowest BCUT2D eigenvalue weighted by atomic mass is 10.3. The number of aromatic nitrogens is 2. The van der Waals surface area contributed by atoms with Crippen molar-refractivity contribution in [2.75, 3.05) is 18.8 Å². The van der Waals surface area contributed by atoms with Crippen molar-refractivity contribution in [3.05, 3.63) is 23.8 Å². The summed E-state index contributed by atoms with van der Waals surface area (Å²) in [6.07, 6.45) is 2.23. The van der Waals surface area contributed by atoms with Gasteiger partial charge in [-0.05, 0) is 25.0 Å². The molecule has 3 rings (SSSR count). The number of aryl methyl sites for hydroxylation is 1. The van der Waals surface area contributed by atoms with Gasteiger partial charge in [-0.3, -0.25) is 4.79 Å². The molecule has 7 heteroatoms. The van der Waals surface area contributed by atoms with Crippen molar-refractivity contribution in [1.29, 1.82) is 0 Å². The first-order valence-electron chi connectivity index (χ1n) is 6.95. The van der Waals surface area contributed by atoms with Gasteiger partial charge in [-0.2, -0.15) is 0 Å². The highest BCUT2D eigenvalue weighted by Gasteiger charge is 2.20. The van der Waals surface area contributed by atoms with Crippen LogP contribution in [0, 0.1) is 11.6 Å². The second-order valence-electron chi connectivity index (χ2n) is 5.19. The number of fused-ring (bicyclic) bond motifs is 1. The maximum absolute atomic E-state index is 13.9. The first kappa shape index (κ1) is 13.8. The van der Waals surface area contributed by atoms with E-state index in [1.54, 1.807) is 4.90 Å². The summed E-state index contributed by atoms with van der Waals surface area (Å²) in [5.74, 6) is -1.84. The Hall–Kier alpha value is -2.18. The van der Waals surface area contributed by atoms with E-state index in [-0.39, 0.29) is 30.3 Å². The summed E-state index contributed by atoms with van der Waals surface area (Å²) in [6.45, 7) is 1.72. The minimum absolute atomic E-state index is 0.00515.